The normalized spacial score (nSPS) is 15.1. The quantitative estimate of drug-likeness (QED) is 0.616. The molecule has 2 aromatic rings. The molecule has 0 amide bonds. The van der Waals surface area contributed by atoms with Crippen molar-refractivity contribution >= 4 is 23.0 Å². The predicted molar refractivity (Wildman–Crippen MR) is 111 cm³/mol. The number of nitrogens with one attached hydrogen (secondary N) is 2. The fraction of sp³-hybridized carbons (Fsp3) is 0.500. The molecule has 1 aliphatic rings. The Balaban J connectivity index is 1.53. The van der Waals surface area contributed by atoms with Crippen LogP contribution in [0, 0.1) is 0 Å². The fourth-order valence-corrected chi connectivity index (χ4v) is 3.06. The van der Waals surface area contributed by atoms with E-state index in [9.17, 15) is 0 Å². The van der Waals surface area contributed by atoms with E-state index < -0.39 is 0 Å². The van der Waals surface area contributed by atoms with E-state index in [1.165, 1.54) is 11.9 Å². The second kappa shape index (κ2) is 9.53. The summed E-state index contributed by atoms with van der Waals surface area (Å²) in [4.78, 5) is 11.0. The highest BCUT2D eigenvalue weighted by molar-refractivity contribution is 5.77. The van der Waals surface area contributed by atoms with E-state index in [4.69, 9.17) is 10.5 Å². The molecule has 27 heavy (non-hydrogen) atoms. The van der Waals surface area contributed by atoms with Gasteiger partial charge in [-0.1, -0.05) is 26.0 Å². The van der Waals surface area contributed by atoms with Gasteiger partial charge in [-0.3, -0.25) is 4.90 Å². The van der Waals surface area contributed by atoms with Crippen molar-refractivity contribution in [3.8, 4) is 0 Å². The van der Waals surface area contributed by atoms with Crippen LogP contribution in [0.2, 0.25) is 0 Å². The molecule has 7 nitrogen and oxygen atoms in total. The molecule has 0 atom stereocenters. The topological polar surface area (TPSA) is 88.3 Å². The van der Waals surface area contributed by atoms with Crippen LogP contribution in [-0.4, -0.2) is 54.3 Å². The van der Waals surface area contributed by atoms with Gasteiger partial charge in [-0.05, 0) is 36.6 Å². The van der Waals surface area contributed by atoms with Gasteiger partial charge in [-0.25, -0.2) is 9.97 Å². The number of hydrogen-bond donors (Lipinski definition) is 3. The standard InChI is InChI=1S/C20H30N6O/c1-15(2)16-4-6-17(7-5-16)25-20-18(21)19(23-14-24-20)22-8-3-9-26-10-12-27-13-11-26/h4-7,14-15H,3,8-13,21H2,1-2H3,(H2,22,23,24,25). The lowest BCUT2D eigenvalue weighted by atomic mass is 10.0. The second-order valence-corrected chi connectivity index (χ2v) is 7.12. The Morgan fingerprint density at radius 3 is 2.52 bits per heavy atom. The van der Waals surface area contributed by atoms with Crippen LogP contribution < -0.4 is 16.4 Å². The van der Waals surface area contributed by atoms with Gasteiger partial charge in [0.25, 0.3) is 0 Å². The number of rotatable bonds is 8. The predicted octanol–water partition coefficient (Wildman–Crippen LogP) is 3.06. The van der Waals surface area contributed by atoms with E-state index in [1.807, 2.05) is 12.1 Å². The number of nitrogen functional groups attached to an aromatic ring is 1. The summed E-state index contributed by atoms with van der Waals surface area (Å²) in [5, 5.41) is 6.61. The zero-order valence-corrected chi connectivity index (χ0v) is 16.2. The molecule has 1 aliphatic heterocycles. The minimum atomic E-state index is 0.511. The summed E-state index contributed by atoms with van der Waals surface area (Å²) in [6.07, 6.45) is 2.56. The third-order valence-corrected chi connectivity index (χ3v) is 4.77. The summed E-state index contributed by atoms with van der Waals surface area (Å²) in [7, 11) is 0. The van der Waals surface area contributed by atoms with E-state index >= 15 is 0 Å². The van der Waals surface area contributed by atoms with Gasteiger partial charge in [0.1, 0.15) is 12.0 Å². The molecule has 146 valence electrons. The smallest absolute Gasteiger partial charge is 0.159 e. The highest BCUT2D eigenvalue weighted by Gasteiger charge is 2.11. The van der Waals surface area contributed by atoms with Crippen molar-refractivity contribution < 1.29 is 4.74 Å². The van der Waals surface area contributed by atoms with E-state index in [2.05, 4.69) is 51.5 Å². The lowest BCUT2D eigenvalue weighted by molar-refractivity contribution is 0.0378. The molecule has 0 bridgehead atoms. The maximum absolute atomic E-state index is 6.26. The molecule has 7 heteroatoms. The van der Waals surface area contributed by atoms with Gasteiger partial charge in [0, 0.05) is 25.3 Å². The van der Waals surface area contributed by atoms with Gasteiger partial charge >= 0.3 is 0 Å². The monoisotopic (exact) mass is 370 g/mol. The van der Waals surface area contributed by atoms with Crippen LogP contribution in [0.25, 0.3) is 0 Å². The van der Waals surface area contributed by atoms with Crippen LogP contribution in [0.15, 0.2) is 30.6 Å². The van der Waals surface area contributed by atoms with Gasteiger partial charge in [0.15, 0.2) is 11.6 Å². The molecule has 0 spiro atoms. The number of nitrogens with two attached hydrogens (primary N) is 1. The van der Waals surface area contributed by atoms with Crippen molar-refractivity contribution in [2.45, 2.75) is 26.2 Å². The van der Waals surface area contributed by atoms with Gasteiger partial charge in [-0.15, -0.1) is 0 Å². The van der Waals surface area contributed by atoms with E-state index in [1.54, 1.807) is 0 Å². The molecule has 1 aromatic heterocycles. The summed E-state index contributed by atoms with van der Waals surface area (Å²) < 4.78 is 5.37. The molecule has 2 heterocycles. The summed E-state index contributed by atoms with van der Waals surface area (Å²) in [5.74, 6) is 1.81. The molecular formula is C20H30N6O. The Morgan fingerprint density at radius 1 is 1.11 bits per heavy atom. The van der Waals surface area contributed by atoms with Crippen LogP contribution in [0.4, 0.5) is 23.0 Å². The second-order valence-electron chi connectivity index (χ2n) is 7.12. The number of morpholine rings is 1. The molecule has 0 unspecified atom stereocenters. The van der Waals surface area contributed by atoms with Crippen molar-refractivity contribution in [2.24, 2.45) is 0 Å². The molecule has 0 aliphatic carbocycles. The molecule has 0 saturated carbocycles. The van der Waals surface area contributed by atoms with Crippen molar-refractivity contribution in [3.05, 3.63) is 36.2 Å². The summed E-state index contributed by atoms with van der Waals surface area (Å²) in [5.41, 5.74) is 9.06. The maximum Gasteiger partial charge on any atom is 0.159 e. The fourth-order valence-electron chi connectivity index (χ4n) is 3.06. The summed E-state index contributed by atoms with van der Waals surface area (Å²) in [6.45, 7) is 9.93. The Kier molecular flexibility index (Phi) is 6.84. The number of ether oxygens (including phenoxy) is 1. The molecule has 1 fully saturated rings. The van der Waals surface area contributed by atoms with E-state index in [0.29, 0.717) is 23.2 Å². The maximum atomic E-state index is 6.26. The Hall–Kier alpha value is -2.38. The first kappa shape index (κ1) is 19.4. The lowest BCUT2D eigenvalue weighted by Crippen LogP contribution is -2.37. The number of anilines is 4. The Labute approximate surface area is 161 Å². The molecule has 0 radical (unpaired) electrons. The first-order valence-electron chi connectivity index (χ1n) is 9.65. The third kappa shape index (κ3) is 5.55. The molecule has 4 N–H and O–H groups in total. The van der Waals surface area contributed by atoms with Crippen LogP contribution in [0.5, 0.6) is 0 Å². The molecule has 1 saturated heterocycles. The number of aromatic nitrogens is 2. The number of benzene rings is 1. The van der Waals surface area contributed by atoms with Crippen LogP contribution in [0.1, 0.15) is 31.7 Å². The minimum Gasteiger partial charge on any atom is -0.393 e. The zero-order valence-electron chi connectivity index (χ0n) is 16.2. The van der Waals surface area contributed by atoms with Gasteiger partial charge in [0.05, 0.1) is 13.2 Å². The summed E-state index contributed by atoms with van der Waals surface area (Å²) >= 11 is 0. The number of hydrogen-bond acceptors (Lipinski definition) is 7. The first-order chi connectivity index (χ1) is 13.1. The van der Waals surface area contributed by atoms with Crippen LogP contribution in [-0.2, 0) is 4.74 Å². The zero-order chi connectivity index (χ0) is 19.1. The summed E-state index contributed by atoms with van der Waals surface area (Å²) in [6, 6.07) is 8.34. The molecule has 1 aromatic carbocycles. The molecule has 3 rings (SSSR count). The van der Waals surface area contributed by atoms with Crippen LogP contribution in [0.3, 0.4) is 0 Å². The van der Waals surface area contributed by atoms with Crippen molar-refractivity contribution in [1.82, 2.24) is 14.9 Å². The van der Waals surface area contributed by atoms with Crippen molar-refractivity contribution in [3.63, 3.8) is 0 Å². The average molecular weight is 371 g/mol. The van der Waals surface area contributed by atoms with Gasteiger partial charge in [0.2, 0.25) is 0 Å². The van der Waals surface area contributed by atoms with Gasteiger partial charge in [-0.2, -0.15) is 0 Å². The third-order valence-electron chi connectivity index (χ3n) is 4.77. The molecular weight excluding hydrogens is 340 g/mol. The number of nitrogens with zero attached hydrogens (tertiary/aromatic N) is 3. The lowest BCUT2D eigenvalue weighted by Gasteiger charge is -2.26. The Morgan fingerprint density at radius 2 is 1.81 bits per heavy atom. The largest absolute Gasteiger partial charge is 0.393 e. The highest BCUT2D eigenvalue weighted by atomic mass is 16.5. The highest BCUT2D eigenvalue weighted by Crippen LogP contribution is 2.26. The minimum absolute atomic E-state index is 0.511. The average Bonchev–Trinajstić information content (AvgIpc) is 2.69. The van der Waals surface area contributed by atoms with Crippen molar-refractivity contribution in [1.29, 1.82) is 0 Å². The van der Waals surface area contributed by atoms with Gasteiger partial charge < -0.3 is 21.1 Å². The Bertz CT molecular complexity index is 713. The first-order valence-corrected chi connectivity index (χ1v) is 9.65. The van der Waals surface area contributed by atoms with Crippen molar-refractivity contribution in [2.75, 3.05) is 55.8 Å². The van der Waals surface area contributed by atoms with E-state index in [0.717, 1.165) is 51.5 Å². The SMILES string of the molecule is CC(C)c1ccc(Nc2ncnc(NCCCN3CCOCC3)c2N)cc1. The van der Waals surface area contributed by atoms with Crippen LogP contribution >= 0.6 is 0 Å². The van der Waals surface area contributed by atoms with E-state index in [-0.39, 0.29) is 0 Å².